The molecule has 17 heavy (non-hydrogen) atoms. The lowest BCUT2D eigenvalue weighted by Gasteiger charge is -1.89. The Morgan fingerprint density at radius 1 is 1.00 bits per heavy atom. The molecule has 0 saturated heterocycles. The van der Waals surface area contributed by atoms with Crippen LogP contribution in [0, 0.1) is 10.8 Å². The molecule has 2 radical (unpaired) electrons. The molecule has 3 rings (SSSR count). The van der Waals surface area contributed by atoms with E-state index in [1.807, 2.05) is 35.0 Å². The summed E-state index contributed by atoms with van der Waals surface area (Å²) in [5.74, 6) is 0.108. The molecule has 3 aromatic heterocycles. The number of ketones is 1. The summed E-state index contributed by atoms with van der Waals surface area (Å²) in [5.41, 5.74) is 0. The Kier molecular flexibility index (Phi) is 4.67. The van der Waals surface area contributed by atoms with E-state index >= 15 is 0 Å². The number of thiophene rings is 3. The average molecular weight is 276 g/mol. The van der Waals surface area contributed by atoms with Gasteiger partial charge >= 0.3 is 0 Å². The molecular formula is C13H8OS3. The minimum Gasteiger partial charge on any atom is -0.287 e. The molecule has 0 unspecified atom stereocenters. The van der Waals surface area contributed by atoms with Crippen molar-refractivity contribution in [1.82, 2.24) is 0 Å². The number of hydrogen-bond acceptors (Lipinski definition) is 4. The van der Waals surface area contributed by atoms with Gasteiger partial charge in [-0.25, -0.2) is 0 Å². The number of carbonyl (C=O) groups is 1. The minimum absolute atomic E-state index is 0.108. The van der Waals surface area contributed by atoms with Crippen molar-refractivity contribution in [2.45, 2.75) is 0 Å². The van der Waals surface area contributed by atoms with Crippen LogP contribution >= 0.6 is 34.0 Å². The Labute approximate surface area is 112 Å². The van der Waals surface area contributed by atoms with Crippen molar-refractivity contribution >= 4 is 39.8 Å². The van der Waals surface area contributed by atoms with E-state index < -0.39 is 0 Å². The Morgan fingerprint density at radius 3 is 2.41 bits per heavy atom. The molecule has 84 valence electrons. The second kappa shape index (κ2) is 6.49. The SMILES string of the molecule is O=C(c1cc[c]s1)c1cccs1.[c]1cccs1. The van der Waals surface area contributed by atoms with Crippen molar-refractivity contribution in [2.24, 2.45) is 0 Å². The van der Waals surface area contributed by atoms with Gasteiger partial charge < -0.3 is 0 Å². The van der Waals surface area contributed by atoms with E-state index in [0.29, 0.717) is 0 Å². The molecule has 0 aromatic carbocycles. The van der Waals surface area contributed by atoms with Crippen molar-refractivity contribution < 1.29 is 4.79 Å². The zero-order chi connectivity index (χ0) is 11.9. The summed E-state index contributed by atoms with van der Waals surface area (Å²) >= 11 is 4.42. The molecule has 1 nitrogen and oxygen atoms in total. The molecule has 0 fully saturated rings. The van der Waals surface area contributed by atoms with Crippen LogP contribution in [-0.4, -0.2) is 5.78 Å². The molecule has 0 atom stereocenters. The summed E-state index contributed by atoms with van der Waals surface area (Å²) in [7, 11) is 0. The van der Waals surface area contributed by atoms with Gasteiger partial charge in [0.1, 0.15) is 0 Å². The summed E-state index contributed by atoms with van der Waals surface area (Å²) in [6.07, 6.45) is 0. The highest BCUT2D eigenvalue weighted by Gasteiger charge is 2.09. The van der Waals surface area contributed by atoms with Crippen LogP contribution in [0.15, 0.2) is 47.2 Å². The first kappa shape index (κ1) is 12.2. The Morgan fingerprint density at radius 2 is 1.94 bits per heavy atom. The van der Waals surface area contributed by atoms with Crippen LogP contribution in [0.1, 0.15) is 14.5 Å². The van der Waals surface area contributed by atoms with Gasteiger partial charge in [0.25, 0.3) is 0 Å². The van der Waals surface area contributed by atoms with Crippen LogP contribution in [0.2, 0.25) is 0 Å². The van der Waals surface area contributed by atoms with Gasteiger partial charge in [0.05, 0.1) is 9.75 Å². The average Bonchev–Trinajstić information content (AvgIpc) is 3.11. The molecule has 0 spiro atoms. The Balaban J connectivity index is 0.000000181. The minimum atomic E-state index is 0.108. The highest BCUT2D eigenvalue weighted by molar-refractivity contribution is 7.15. The van der Waals surface area contributed by atoms with Crippen molar-refractivity contribution in [3.8, 4) is 0 Å². The van der Waals surface area contributed by atoms with Gasteiger partial charge in [0, 0.05) is 10.8 Å². The van der Waals surface area contributed by atoms with Gasteiger partial charge in [0.15, 0.2) is 0 Å². The van der Waals surface area contributed by atoms with Crippen molar-refractivity contribution in [2.75, 3.05) is 0 Å². The largest absolute Gasteiger partial charge is 0.287 e. The molecule has 0 aliphatic heterocycles. The summed E-state index contributed by atoms with van der Waals surface area (Å²) in [6, 6.07) is 11.1. The maximum atomic E-state index is 11.6. The van der Waals surface area contributed by atoms with Crippen molar-refractivity contribution in [1.29, 1.82) is 0 Å². The quantitative estimate of drug-likeness (QED) is 0.634. The third-order valence-electron chi connectivity index (χ3n) is 1.82. The van der Waals surface area contributed by atoms with E-state index in [1.165, 1.54) is 22.7 Å². The van der Waals surface area contributed by atoms with Crippen LogP contribution in [0.4, 0.5) is 0 Å². The zero-order valence-electron chi connectivity index (χ0n) is 8.75. The van der Waals surface area contributed by atoms with E-state index in [9.17, 15) is 4.79 Å². The Bertz CT molecular complexity index is 468. The first-order valence-electron chi connectivity index (χ1n) is 4.81. The number of hydrogen-bond donors (Lipinski definition) is 0. The predicted octanol–water partition coefficient (Wildman–Crippen LogP) is 4.39. The monoisotopic (exact) mass is 276 g/mol. The molecule has 0 aliphatic rings. The predicted molar refractivity (Wildman–Crippen MR) is 74.1 cm³/mol. The van der Waals surface area contributed by atoms with E-state index in [0.717, 1.165) is 9.75 Å². The molecule has 3 aromatic rings. The van der Waals surface area contributed by atoms with Crippen LogP contribution in [-0.2, 0) is 0 Å². The van der Waals surface area contributed by atoms with E-state index in [4.69, 9.17) is 0 Å². The molecule has 3 heterocycles. The van der Waals surface area contributed by atoms with E-state index in [1.54, 1.807) is 23.5 Å². The van der Waals surface area contributed by atoms with Gasteiger partial charge in [0.2, 0.25) is 5.78 Å². The van der Waals surface area contributed by atoms with Gasteiger partial charge in [-0.05, 0) is 35.0 Å². The van der Waals surface area contributed by atoms with Crippen LogP contribution in [0.3, 0.4) is 0 Å². The Hall–Kier alpha value is -1.23. The van der Waals surface area contributed by atoms with Crippen molar-refractivity contribution in [3.05, 3.63) is 67.7 Å². The molecular weight excluding hydrogens is 268 g/mol. The zero-order valence-corrected chi connectivity index (χ0v) is 11.2. The summed E-state index contributed by atoms with van der Waals surface area (Å²) in [6.45, 7) is 0. The van der Waals surface area contributed by atoms with Crippen LogP contribution in [0.25, 0.3) is 0 Å². The first-order chi connectivity index (χ1) is 8.38. The topological polar surface area (TPSA) is 17.1 Å². The van der Waals surface area contributed by atoms with E-state index in [-0.39, 0.29) is 5.78 Å². The summed E-state index contributed by atoms with van der Waals surface area (Å²) < 4.78 is 0. The third kappa shape index (κ3) is 3.63. The molecule has 0 amide bonds. The fraction of sp³-hybridized carbons (Fsp3) is 0. The maximum Gasteiger partial charge on any atom is 0.212 e. The molecule has 0 N–H and O–H groups in total. The number of carbonyl (C=O) groups excluding carboxylic acids is 1. The highest BCUT2D eigenvalue weighted by Crippen LogP contribution is 2.17. The molecule has 4 heteroatoms. The second-order valence-electron chi connectivity index (χ2n) is 2.95. The lowest BCUT2D eigenvalue weighted by atomic mass is 10.3. The lowest BCUT2D eigenvalue weighted by molar-refractivity contribution is 0.104. The molecule has 0 bridgehead atoms. The van der Waals surface area contributed by atoms with Gasteiger partial charge in [-0.1, -0.05) is 12.1 Å². The first-order valence-corrected chi connectivity index (χ1v) is 7.39. The van der Waals surface area contributed by atoms with Crippen LogP contribution in [0.5, 0.6) is 0 Å². The summed E-state index contributed by atoms with van der Waals surface area (Å²) in [5, 5.41) is 9.69. The fourth-order valence-corrected chi connectivity index (χ4v) is 2.83. The lowest BCUT2D eigenvalue weighted by Crippen LogP contribution is -1.93. The fourth-order valence-electron chi connectivity index (χ4n) is 1.09. The maximum absolute atomic E-state index is 11.6. The van der Waals surface area contributed by atoms with E-state index in [2.05, 4.69) is 10.8 Å². The molecule has 0 aliphatic carbocycles. The highest BCUT2D eigenvalue weighted by atomic mass is 32.1. The van der Waals surface area contributed by atoms with Crippen LogP contribution < -0.4 is 0 Å². The van der Waals surface area contributed by atoms with Gasteiger partial charge in [-0.3, -0.25) is 4.79 Å². The van der Waals surface area contributed by atoms with Gasteiger partial charge in [-0.2, -0.15) is 0 Å². The number of rotatable bonds is 2. The second-order valence-corrected chi connectivity index (χ2v) is 5.53. The van der Waals surface area contributed by atoms with Gasteiger partial charge in [-0.15, -0.1) is 34.0 Å². The van der Waals surface area contributed by atoms with Crippen molar-refractivity contribution in [3.63, 3.8) is 0 Å². The smallest absolute Gasteiger partial charge is 0.212 e. The summed E-state index contributed by atoms with van der Waals surface area (Å²) in [4.78, 5) is 13.1. The molecule has 0 saturated carbocycles. The normalized spacial score (nSPS) is 9.41. The third-order valence-corrected chi connectivity index (χ3v) is 4.05. The standard InChI is InChI=1S/C9H5OS2.C4H3S/c10-9(7-3-1-5-11-7)8-4-2-6-12-8;1-2-4-5-3-1/h1-5H;1-3H.